The van der Waals surface area contributed by atoms with Crippen LogP contribution in [-0.2, 0) is 0 Å². The molecule has 0 saturated heterocycles. The molecule has 9 aromatic rings. The van der Waals surface area contributed by atoms with E-state index < -0.39 is 0 Å². The fraction of sp³-hybridized carbons (Fsp3) is 0. The second-order valence-corrected chi connectivity index (χ2v) is 12.5. The van der Waals surface area contributed by atoms with Crippen molar-refractivity contribution in [1.82, 2.24) is 9.61 Å². The molecule has 7 aromatic carbocycles. The van der Waals surface area contributed by atoms with E-state index in [-0.39, 0.29) is 0 Å². The van der Waals surface area contributed by atoms with Crippen LogP contribution in [0, 0.1) is 0 Å². The molecule has 0 aliphatic carbocycles. The molecule has 3 heteroatoms. The SMILES string of the molecule is c1ccc(-c2ccc(N(c3ccccc3)c3ccc4cc(-c5ccccc5)n5nc(-c6ccccc6)c(-c6ccccc6)c5c4c3)cc2)cc1. The first kappa shape index (κ1) is 29.4. The number of hydrogen-bond acceptors (Lipinski definition) is 2. The molecule has 0 radical (unpaired) electrons. The van der Waals surface area contributed by atoms with Crippen molar-refractivity contribution in [2.24, 2.45) is 0 Å². The molecule has 236 valence electrons. The zero-order valence-corrected chi connectivity index (χ0v) is 27.4. The molecule has 0 spiro atoms. The van der Waals surface area contributed by atoms with Gasteiger partial charge in [-0.05, 0) is 64.5 Å². The Hall–Kier alpha value is -6.71. The number of rotatable bonds is 7. The molecule has 0 atom stereocenters. The Balaban J connectivity index is 1.32. The van der Waals surface area contributed by atoms with Crippen molar-refractivity contribution >= 4 is 33.4 Å². The van der Waals surface area contributed by atoms with Crippen LogP contribution in [0.4, 0.5) is 17.1 Å². The summed E-state index contributed by atoms with van der Waals surface area (Å²) < 4.78 is 2.16. The molecule has 0 bridgehead atoms. The van der Waals surface area contributed by atoms with Crippen molar-refractivity contribution < 1.29 is 0 Å². The zero-order valence-electron chi connectivity index (χ0n) is 27.4. The Morgan fingerprint density at radius 2 is 0.860 bits per heavy atom. The van der Waals surface area contributed by atoms with Gasteiger partial charge in [-0.3, -0.25) is 0 Å². The van der Waals surface area contributed by atoms with E-state index in [2.05, 4.69) is 210 Å². The van der Waals surface area contributed by atoms with Crippen LogP contribution in [0.1, 0.15) is 0 Å². The number of anilines is 3. The van der Waals surface area contributed by atoms with Crippen LogP contribution < -0.4 is 4.90 Å². The van der Waals surface area contributed by atoms with Crippen LogP contribution in [0.25, 0.3) is 61.1 Å². The minimum Gasteiger partial charge on any atom is -0.310 e. The highest BCUT2D eigenvalue weighted by molar-refractivity contribution is 6.10. The van der Waals surface area contributed by atoms with E-state index >= 15 is 0 Å². The summed E-state index contributed by atoms with van der Waals surface area (Å²) in [5.74, 6) is 0. The van der Waals surface area contributed by atoms with Gasteiger partial charge in [-0.2, -0.15) is 5.10 Å². The summed E-state index contributed by atoms with van der Waals surface area (Å²) in [7, 11) is 0. The fourth-order valence-electron chi connectivity index (χ4n) is 7.01. The topological polar surface area (TPSA) is 20.5 Å². The molecule has 3 nitrogen and oxygen atoms in total. The quantitative estimate of drug-likeness (QED) is 0.173. The smallest absolute Gasteiger partial charge is 0.101 e. The molecule has 50 heavy (non-hydrogen) atoms. The number of para-hydroxylation sites is 1. The minimum atomic E-state index is 0.961. The maximum absolute atomic E-state index is 5.42. The Morgan fingerprint density at radius 1 is 0.380 bits per heavy atom. The van der Waals surface area contributed by atoms with Gasteiger partial charge in [0.1, 0.15) is 5.69 Å². The molecule has 9 rings (SSSR count). The summed E-state index contributed by atoms with van der Waals surface area (Å²) >= 11 is 0. The molecule has 0 amide bonds. The van der Waals surface area contributed by atoms with E-state index in [1.54, 1.807) is 0 Å². The van der Waals surface area contributed by atoms with Crippen molar-refractivity contribution in [2.75, 3.05) is 4.90 Å². The van der Waals surface area contributed by atoms with Gasteiger partial charge in [0.05, 0.1) is 11.2 Å². The summed E-state index contributed by atoms with van der Waals surface area (Å²) in [5, 5.41) is 7.71. The van der Waals surface area contributed by atoms with E-state index in [9.17, 15) is 0 Å². The molecule has 0 saturated carbocycles. The molecule has 2 aromatic heterocycles. The number of pyridine rings is 1. The average Bonchev–Trinajstić information content (AvgIpc) is 3.61. The van der Waals surface area contributed by atoms with E-state index in [1.807, 2.05) is 0 Å². The van der Waals surface area contributed by atoms with Crippen molar-refractivity contribution in [2.45, 2.75) is 0 Å². The standard InChI is InChI=1S/C47H33N3/c1-6-16-34(17-7-1)35-26-29-41(30-27-35)49(40-24-14-5-15-25-40)42-31-28-39-32-44(36-18-8-2-9-19-36)50-47(43(39)33-42)45(37-20-10-3-11-21-37)46(48-50)38-22-12-4-13-23-38/h1-33H. The van der Waals surface area contributed by atoms with E-state index in [0.29, 0.717) is 0 Å². The van der Waals surface area contributed by atoms with Gasteiger partial charge in [0.2, 0.25) is 0 Å². The van der Waals surface area contributed by atoms with Gasteiger partial charge in [0.15, 0.2) is 0 Å². The predicted molar refractivity (Wildman–Crippen MR) is 209 cm³/mol. The summed E-state index contributed by atoms with van der Waals surface area (Å²) in [6.07, 6.45) is 0. The Labute approximate surface area is 292 Å². The van der Waals surface area contributed by atoms with Gasteiger partial charge in [-0.25, -0.2) is 4.52 Å². The average molecular weight is 640 g/mol. The number of nitrogens with zero attached hydrogens (tertiary/aromatic N) is 3. The number of hydrogen-bond donors (Lipinski definition) is 0. The number of benzene rings is 7. The van der Waals surface area contributed by atoms with Crippen molar-refractivity contribution in [3.8, 4) is 44.8 Å². The molecule has 0 aliphatic heterocycles. The fourth-order valence-corrected chi connectivity index (χ4v) is 7.01. The van der Waals surface area contributed by atoms with Crippen molar-refractivity contribution in [1.29, 1.82) is 0 Å². The lowest BCUT2D eigenvalue weighted by atomic mass is 9.96. The van der Waals surface area contributed by atoms with Crippen LogP contribution in [0.5, 0.6) is 0 Å². The van der Waals surface area contributed by atoms with Gasteiger partial charge < -0.3 is 4.90 Å². The van der Waals surface area contributed by atoms with Crippen LogP contribution in [-0.4, -0.2) is 9.61 Å². The largest absolute Gasteiger partial charge is 0.310 e. The first-order valence-electron chi connectivity index (χ1n) is 17.0. The summed E-state index contributed by atoms with van der Waals surface area (Å²) in [6, 6.07) is 70.9. The summed E-state index contributed by atoms with van der Waals surface area (Å²) in [6.45, 7) is 0. The summed E-state index contributed by atoms with van der Waals surface area (Å²) in [5.41, 5.74) is 13.2. The van der Waals surface area contributed by atoms with Crippen LogP contribution in [0.15, 0.2) is 200 Å². The van der Waals surface area contributed by atoms with E-state index in [4.69, 9.17) is 5.10 Å². The Morgan fingerprint density at radius 3 is 1.48 bits per heavy atom. The van der Waals surface area contributed by atoms with Crippen LogP contribution >= 0.6 is 0 Å². The lowest BCUT2D eigenvalue weighted by molar-refractivity contribution is 0.979. The third-order valence-electron chi connectivity index (χ3n) is 9.38. The normalized spacial score (nSPS) is 11.2. The van der Waals surface area contributed by atoms with Crippen LogP contribution in [0.3, 0.4) is 0 Å². The third-order valence-corrected chi connectivity index (χ3v) is 9.38. The molecule has 0 unspecified atom stereocenters. The maximum Gasteiger partial charge on any atom is 0.101 e. The second kappa shape index (κ2) is 12.7. The first-order chi connectivity index (χ1) is 24.8. The minimum absolute atomic E-state index is 0.961. The molecular weight excluding hydrogens is 607 g/mol. The van der Waals surface area contributed by atoms with Crippen molar-refractivity contribution in [3.05, 3.63) is 200 Å². The van der Waals surface area contributed by atoms with E-state index in [0.717, 1.165) is 67.0 Å². The van der Waals surface area contributed by atoms with Crippen LogP contribution in [0.2, 0.25) is 0 Å². The lowest BCUT2D eigenvalue weighted by Crippen LogP contribution is -2.10. The monoisotopic (exact) mass is 639 g/mol. The Kier molecular flexibility index (Phi) is 7.49. The second-order valence-electron chi connectivity index (χ2n) is 12.5. The molecular formula is C47H33N3. The number of fused-ring (bicyclic) bond motifs is 3. The van der Waals surface area contributed by atoms with Gasteiger partial charge in [0.25, 0.3) is 0 Å². The maximum atomic E-state index is 5.42. The number of aromatic nitrogens is 2. The highest BCUT2D eigenvalue weighted by atomic mass is 15.2. The Bertz CT molecular complexity index is 2540. The molecule has 2 heterocycles. The highest BCUT2D eigenvalue weighted by Crippen LogP contribution is 2.43. The molecule has 0 aliphatic rings. The first-order valence-corrected chi connectivity index (χ1v) is 17.0. The highest BCUT2D eigenvalue weighted by Gasteiger charge is 2.22. The molecule has 0 N–H and O–H groups in total. The molecule has 0 fully saturated rings. The van der Waals surface area contributed by atoms with Gasteiger partial charge in [-0.1, -0.05) is 158 Å². The van der Waals surface area contributed by atoms with Gasteiger partial charge in [-0.15, -0.1) is 0 Å². The van der Waals surface area contributed by atoms with Gasteiger partial charge in [0, 0.05) is 39.1 Å². The zero-order chi connectivity index (χ0) is 33.3. The van der Waals surface area contributed by atoms with Crippen molar-refractivity contribution in [3.63, 3.8) is 0 Å². The summed E-state index contributed by atoms with van der Waals surface area (Å²) in [4.78, 5) is 2.34. The predicted octanol–water partition coefficient (Wildman–Crippen LogP) is 12.6. The lowest BCUT2D eigenvalue weighted by Gasteiger charge is -2.26. The third kappa shape index (κ3) is 5.32. The van der Waals surface area contributed by atoms with Gasteiger partial charge >= 0.3 is 0 Å². The van der Waals surface area contributed by atoms with E-state index in [1.165, 1.54) is 11.1 Å².